The van der Waals surface area contributed by atoms with Crippen LogP contribution in [0.4, 0.5) is 0 Å². The molecule has 2 aromatic rings. The SMILES string of the molecule is CN=C(NCc1ccc(S(N)(=O)=O)cc1)NCC1Cc2ccccc2O1.I. The van der Waals surface area contributed by atoms with Gasteiger partial charge in [-0.05, 0) is 29.3 Å². The van der Waals surface area contributed by atoms with Crippen molar-refractivity contribution < 1.29 is 13.2 Å². The number of benzene rings is 2. The van der Waals surface area contributed by atoms with Gasteiger partial charge in [-0.25, -0.2) is 13.6 Å². The van der Waals surface area contributed by atoms with E-state index in [0.29, 0.717) is 19.0 Å². The van der Waals surface area contributed by atoms with Gasteiger partial charge >= 0.3 is 0 Å². The number of para-hydroxylation sites is 1. The number of guanidine groups is 1. The van der Waals surface area contributed by atoms with Gasteiger partial charge in [0.1, 0.15) is 11.9 Å². The number of nitrogens with one attached hydrogen (secondary N) is 2. The molecule has 3 rings (SSSR count). The van der Waals surface area contributed by atoms with Crippen LogP contribution in [0.2, 0.25) is 0 Å². The van der Waals surface area contributed by atoms with Crippen molar-refractivity contribution in [2.45, 2.75) is 24.0 Å². The average Bonchev–Trinajstić information content (AvgIpc) is 3.04. The van der Waals surface area contributed by atoms with Gasteiger partial charge in [0.25, 0.3) is 0 Å². The summed E-state index contributed by atoms with van der Waals surface area (Å²) in [4.78, 5) is 4.29. The molecule has 0 radical (unpaired) electrons. The highest BCUT2D eigenvalue weighted by molar-refractivity contribution is 14.0. The number of rotatable bonds is 5. The first kappa shape index (κ1) is 21.5. The van der Waals surface area contributed by atoms with Crippen LogP contribution in [0.1, 0.15) is 11.1 Å². The number of aliphatic imine (C=N–C) groups is 1. The van der Waals surface area contributed by atoms with Gasteiger partial charge in [-0.2, -0.15) is 0 Å². The molecular formula is C18H23IN4O3S. The summed E-state index contributed by atoms with van der Waals surface area (Å²) >= 11 is 0. The van der Waals surface area contributed by atoms with E-state index in [2.05, 4.69) is 21.7 Å². The Hall–Kier alpha value is -1.85. The maximum atomic E-state index is 11.3. The van der Waals surface area contributed by atoms with Crippen molar-refractivity contribution >= 4 is 40.0 Å². The third kappa shape index (κ3) is 5.81. The highest BCUT2D eigenvalue weighted by Crippen LogP contribution is 2.27. The van der Waals surface area contributed by atoms with Crippen molar-refractivity contribution in [2.75, 3.05) is 13.6 Å². The van der Waals surface area contributed by atoms with Gasteiger partial charge in [0.05, 0.1) is 11.4 Å². The number of hydrogen-bond donors (Lipinski definition) is 3. The molecule has 0 aliphatic carbocycles. The fourth-order valence-corrected chi connectivity index (χ4v) is 3.30. The summed E-state index contributed by atoms with van der Waals surface area (Å²) < 4.78 is 28.4. The molecule has 1 atom stereocenters. The van der Waals surface area contributed by atoms with E-state index in [0.717, 1.165) is 17.7 Å². The molecule has 27 heavy (non-hydrogen) atoms. The molecule has 4 N–H and O–H groups in total. The number of sulfonamides is 1. The number of halogens is 1. The predicted octanol–water partition coefficient (Wildman–Crippen LogP) is 1.62. The maximum absolute atomic E-state index is 11.3. The lowest BCUT2D eigenvalue weighted by atomic mass is 10.1. The van der Waals surface area contributed by atoms with Crippen LogP contribution in [0, 0.1) is 0 Å². The molecule has 0 bridgehead atoms. The van der Waals surface area contributed by atoms with Crippen molar-refractivity contribution in [3.05, 3.63) is 59.7 Å². The van der Waals surface area contributed by atoms with E-state index in [9.17, 15) is 8.42 Å². The van der Waals surface area contributed by atoms with Gasteiger partial charge in [-0.3, -0.25) is 4.99 Å². The first-order chi connectivity index (χ1) is 12.5. The van der Waals surface area contributed by atoms with Gasteiger partial charge in [0.15, 0.2) is 5.96 Å². The minimum absolute atomic E-state index is 0. The van der Waals surface area contributed by atoms with E-state index < -0.39 is 10.0 Å². The maximum Gasteiger partial charge on any atom is 0.238 e. The minimum Gasteiger partial charge on any atom is -0.488 e. The zero-order chi connectivity index (χ0) is 18.6. The van der Waals surface area contributed by atoms with Crippen LogP contribution in [-0.4, -0.2) is 34.1 Å². The van der Waals surface area contributed by atoms with Crippen molar-refractivity contribution in [2.24, 2.45) is 10.1 Å². The molecule has 0 amide bonds. The molecular weight excluding hydrogens is 479 g/mol. The Bertz CT molecular complexity index is 876. The fourth-order valence-electron chi connectivity index (χ4n) is 2.78. The van der Waals surface area contributed by atoms with E-state index in [1.807, 2.05) is 18.2 Å². The fraction of sp³-hybridized carbons (Fsp3) is 0.278. The van der Waals surface area contributed by atoms with E-state index in [1.54, 1.807) is 19.2 Å². The van der Waals surface area contributed by atoms with Crippen LogP contribution >= 0.6 is 24.0 Å². The third-order valence-corrected chi connectivity index (χ3v) is 5.08. The van der Waals surface area contributed by atoms with E-state index in [1.165, 1.54) is 17.7 Å². The minimum atomic E-state index is -3.67. The highest BCUT2D eigenvalue weighted by Gasteiger charge is 2.22. The molecule has 1 heterocycles. The summed E-state index contributed by atoms with van der Waals surface area (Å²) in [6.45, 7) is 1.15. The topological polar surface area (TPSA) is 106 Å². The Morgan fingerprint density at radius 3 is 2.52 bits per heavy atom. The summed E-state index contributed by atoms with van der Waals surface area (Å²) in [6.07, 6.45) is 0.940. The molecule has 0 fully saturated rings. The van der Waals surface area contributed by atoms with Crippen molar-refractivity contribution in [3.63, 3.8) is 0 Å². The van der Waals surface area contributed by atoms with Gasteiger partial charge < -0.3 is 15.4 Å². The molecule has 7 nitrogen and oxygen atoms in total. The lowest BCUT2D eigenvalue weighted by Crippen LogP contribution is -2.41. The van der Waals surface area contributed by atoms with E-state index in [4.69, 9.17) is 9.88 Å². The number of nitrogens with zero attached hydrogens (tertiary/aromatic N) is 1. The molecule has 0 saturated heterocycles. The van der Waals surface area contributed by atoms with E-state index >= 15 is 0 Å². The van der Waals surface area contributed by atoms with Gasteiger partial charge in [-0.15, -0.1) is 24.0 Å². The van der Waals surface area contributed by atoms with Gasteiger partial charge in [-0.1, -0.05) is 30.3 Å². The van der Waals surface area contributed by atoms with Crippen molar-refractivity contribution in [1.82, 2.24) is 10.6 Å². The van der Waals surface area contributed by atoms with Crippen molar-refractivity contribution in [1.29, 1.82) is 0 Å². The van der Waals surface area contributed by atoms with Crippen LogP contribution in [0.15, 0.2) is 58.4 Å². The number of nitrogens with two attached hydrogens (primary N) is 1. The monoisotopic (exact) mass is 502 g/mol. The first-order valence-electron chi connectivity index (χ1n) is 8.26. The van der Waals surface area contributed by atoms with Crippen LogP contribution < -0.4 is 20.5 Å². The van der Waals surface area contributed by atoms with Crippen LogP contribution in [-0.2, 0) is 23.0 Å². The summed E-state index contributed by atoms with van der Waals surface area (Å²) in [7, 11) is -1.97. The molecule has 1 aliphatic heterocycles. The molecule has 2 aromatic carbocycles. The summed E-state index contributed by atoms with van der Waals surface area (Å²) in [5, 5.41) is 11.5. The molecule has 0 spiro atoms. The Morgan fingerprint density at radius 2 is 1.89 bits per heavy atom. The van der Waals surface area contributed by atoms with Crippen LogP contribution in [0.5, 0.6) is 5.75 Å². The Kier molecular flexibility index (Phi) is 7.45. The first-order valence-corrected chi connectivity index (χ1v) is 9.81. The molecule has 0 aromatic heterocycles. The largest absolute Gasteiger partial charge is 0.488 e. The van der Waals surface area contributed by atoms with Crippen LogP contribution in [0.3, 0.4) is 0 Å². The quantitative estimate of drug-likeness (QED) is 0.328. The normalized spacial score (nSPS) is 16.1. The third-order valence-electron chi connectivity index (χ3n) is 4.15. The summed E-state index contributed by atoms with van der Waals surface area (Å²) in [5.74, 6) is 1.59. The molecule has 9 heteroatoms. The molecule has 146 valence electrons. The summed E-state index contributed by atoms with van der Waals surface area (Å²) in [5.41, 5.74) is 2.14. The number of hydrogen-bond acceptors (Lipinski definition) is 4. The second-order valence-electron chi connectivity index (χ2n) is 6.05. The van der Waals surface area contributed by atoms with Gasteiger partial charge in [0.2, 0.25) is 10.0 Å². The van der Waals surface area contributed by atoms with Crippen LogP contribution in [0.25, 0.3) is 0 Å². The predicted molar refractivity (Wildman–Crippen MR) is 116 cm³/mol. The molecule has 1 aliphatic rings. The second-order valence-corrected chi connectivity index (χ2v) is 7.61. The molecule has 1 unspecified atom stereocenters. The second kappa shape index (κ2) is 9.38. The zero-order valence-electron chi connectivity index (χ0n) is 14.9. The smallest absolute Gasteiger partial charge is 0.238 e. The van der Waals surface area contributed by atoms with Gasteiger partial charge in [0, 0.05) is 20.0 Å². The standard InChI is InChI=1S/C18H22N4O3S.HI/c1-20-18(21-11-13-6-8-16(9-7-13)26(19,23)24)22-12-15-10-14-4-2-3-5-17(14)25-15;/h2-9,15H,10-12H2,1H3,(H2,19,23,24)(H2,20,21,22);1H. The molecule has 0 saturated carbocycles. The Balaban J connectivity index is 0.00000261. The van der Waals surface area contributed by atoms with E-state index in [-0.39, 0.29) is 35.0 Å². The lowest BCUT2D eigenvalue weighted by Gasteiger charge is -2.15. The number of fused-ring (bicyclic) bond motifs is 1. The number of ether oxygens (including phenoxy) is 1. The average molecular weight is 502 g/mol. The number of primary sulfonamides is 1. The van der Waals surface area contributed by atoms with Crippen molar-refractivity contribution in [3.8, 4) is 5.75 Å². The summed E-state index contributed by atoms with van der Waals surface area (Å²) in [6, 6.07) is 14.5. The lowest BCUT2D eigenvalue weighted by molar-refractivity contribution is 0.235. The Labute approximate surface area is 176 Å². The highest BCUT2D eigenvalue weighted by atomic mass is 127. The zero-order valence-corrected chi connectivity index (χ0v) is 18.0. The Morgan fingerprint density at radius 1 is 1.19 bits per heavy atom.